The number of carbonyl (C=O) groups is 4. The molecule has 0 aromatic heterocycles. The maximum atomic E-state index is 11.9. The predicted molar refractivity (Wildman–Crippen MR) is 95.1 cm³/mol. The molecule has 0 aliphatic rings. The van der Waals surface area contributed by atoms with Crippen LogP contribution in [0.5, 0.6) is 0 Å². The summed E-state index contributed by atoms with van der Waals surface area (Å²) >= 11 is 5.72. The third-order valence-electron chi connectivity index (χ3n) is 3.30. The lowest BCUT2D eigenvalue weighted by atomic mass is 10.1. The van der Waals surface area contributed by atoms with Crippen molar-refractivity contribution in [1.82, 2.24) is 10.9 Å². The molecule has 27 heavy (non-hydrogen) atoms. The molecule has 0 bridgehead atoms. The zero-order valence-corrected chi connectivity index (χ0v) is 14.9. The molecular weight excluding hydrogens is 376 g/mol. The lowest BCUT2D eigenvalue weighted by Gasteiger charge is -2.08. The third kappa shape index (κ3) is 5.82. The van der Waals surface area contributed by atoms with E-state index in [0.29, 0.717) is 10.6 Å². The summed E-state index contributed by atoms with van der Waals surface area (Å²) in [6.07, 6.45) is 0. The first-order valence-electron chi connectivity index (χ1n) is 7.61. The fourth-order valence-electron chi connectivity index (χ4n) is 1.91. The molecule has 0 fully saturated rings. The Hall–Kier alpha value is -3.39. The molecule has 0 spiro atoms. The van der Waals surface area contributed by atoms with Gasteiger partial charge in [0.1, 0.15) is 0 Å². The van der Waals surface area contributed by atoms with Crippen molar-refractivity contribution in [2.45, 2.75) is 0 Å². The van der Waals surface area contributed by atoms with E-state index in [1.54, 1.807) is 0 Å². The number of carbonyl (C=O) groups excluding carboxylic acids is 4. The van der Waals surface area contributed by atoms with Crippen LogP contribution in [0.25, 0.3) is 0 Å². The molecule has 0 saturated heterocycles. The quantitative estimate of drug-likeness (QED) is 0.594. The Morgan fingerprint density at radius 3 is 1.89 bits per heavy atom. The fourth-order valence-corrected chi connectivity index (χ4v) is 2.04. The number of hydrazine groups is 1. The summed E-state index contributed by atoms with van der Waals surface area (Å²) in [5.41, 5.74) is 5.03. The Labute approximate surface area is 159 Å². The van der Waals surface area contributed by atoms with Crippen LogP contribution in [-0.4, -0.2) is 37.5 Å². The summed E-state index contributed by atoms with van der Waals surface area (Å²) in [4.78, 5) is 46.7. The summed E-state index contributed by atoms with van der Waals surface area (Å²) in [5.74, 6) is -2.57. The highest BCUT2D eigenvalue weighted by atomic mass is 35.5. The van der Waals surface area contributed by atoms with E-state index < -0.39 is 30.4 Å². The predicted octanol–water partition coefficient (Wildman–Crippen LogP) is 1.74. The zero-order chi connectivity index (χ0) is 19.8. The molecule has 9 heteroatoms. The highest BCUT2D eigenvalue weighted by Gasteiger charge is 2.13. The van der Waals surface area contributed by atoms with Crippen molar-refractivity contribution in [2.75, 3.05) is 13.7 Å². The normalized spacial score (nSPS) is 9.85. The van der Waals surface area contributed by atoms with Crippen LogP contribution in [0.1, 0.15) is 31.1 Å². The highest BCUT2D eigenvalue weighted by molar-refractivity contribution is 6.30. The molecule has 0 heterocycles. The Kier molecular flexibility index (Phi) is 6.90. The standard InChI is InChI=1S/C18H15ClN2O6/c1-26-17(24)12-2-4-13(5-3-12)18(25)27-10-15(22)20-21-16(23)11-6-8-14(19)9-7-11/h2-9H,10H2,1H3,(H,20,22)(H,21,23). The molecule has 0 saturated carbocycles. The fraction of sp³-hybridized carbons (Fsp3) is 0.111. The van der Waals surface area contributed by atoms with E-state index in [9.17, 15) is 19.2 Å². The van der Waals surface area contributed by atoms with Crippen LogP contribution in [0.2, 0.25) is 5.02 Å². The van der Waals surface area contributed by atoms with Crippen LogP contribution in [0.4, 0.5) is 0 Å². The largest absolute Gasteiger partial charge is 0.465 e. The minimum Gasteiger partial charge on any atom is -0.465 e. The molecule has 2 aromatic carbocycles. The van der Waals surface area contributed by atoms with Gasteiger partial charge in [0.25, 0.3) is 11.8 Å². The van der Waals surface area contributed by atoms with Crippen LogP contribution in [0.15, 0.2) is 48.5 Å². The number of methoxy groups -OCH3 is 1. The molecule has 0 aliphatic carbocycles. The van der Waals surface area contributed by atoms with E-state index in [0.717, 1.165) is 0 Å². The first-order chi connectivity index (χ1) is 12.9. The van der Waals surface area contributed by atoms with Crippen LogP contribution in [-0.2, 0) is 14.3 Å². The smallest absolute Gasteiger partial charge is 0.338 e. The van der Waals surface area contributed by atoms with Crippen molar-refractivity contribution in [3.63, 3.8) is 0 Å². The molecule has 2 rings (SSSR count). The second kappa shape index (κ2) is 9.35. The van der Waals surface area contributed by atoms with Gasteiger partial charge in [-0.05, 0) is 48.5 Å². The van der Waals surface area contributed by atoms with E-state index in [-0.39, 0.29) is 11.1 Å². The van der Waals surface area contributed by atoms with Gasteiger partial charge in [-0.25, -0.2) is 9.59 Å². The van der Waals surface area contributed by atoms with E-state index in [1.165, 1.54) is 55.6 Å². The van der Waals surface area contributed by atoms with Crippen molar-refractivity contribution in [2.24, 2.45) is 0 Å². The van der Waals surface area contributed by atoms with Gasteiger partial charge in [-0.15, -0.1) is 0 Å². The first-order valence-corrected chi connectivity index (χ1v) is 7.98. The second-order valence-electron chi connectivity index (χ2n) is 5.15. The zero-order valence-electron chi connectivity index (χ0n) is 14.2. The van der Waals surface area contributed by atoms with Gasteiger partial charge in [0, 0.05) is 10.6 Å². The average Bonchev–Trinajstić information content (AvgIpc) is 2.70. The summed E-state index contributed by atoms with van der Waals surface area (Å²) in [7, 11) is 1.24. The Morgan fingerprint density at radius 2 is 1.33 bits per heavy atom. The number of hydrogen-bond acceptors (Lipinski definition) is 6. The number of amides is 2. The maximum Gasteiger partial charge on any atom is 0.338 e. The van der Waals surface area contributed by atoms with Crippen molar-refractivity contribution in [3.8, 4) is 0 Å². The van der Waals surface area contributed by atoms with Gasteiger partial charge in [-0.2, -0.15) is 0 Å². The summed E-state index contributed by atoms with van der Waals surface area (Å²) in [5, 5.41) is 0.474. The van der Waals surface area contributed by atoms with E-state index in [1.807, 2.05) is 0 Å². The van der Waals surface area contributed by atoms with Crippen molar-refractivity contribution in [1.29, 1.82) is 0 Å². The van der Waals surface area contributed by atoms with Gasteiger partial charge in [-0.1, -0.05) is 11.6 Å². The molecule has 0 unspecified atom stereocenters. The summed E-state index contributed by atoms with van der Waals surface area (Å²) in [6.45, 7) is -0.599. The number of benzene rings is 2. The number of hydrogen-bond donors (Lipinski definition) is 2. The minimum absolute atomic E-state index is 0.153. The topological polar surface area (TPSA) is 111 Å². The third-order valence-corrected chi connectivity index (χ3v) is 3.55. The van der Waals surface area contributed by atoms with E-state index in [2.05, 4.69) is 15.6 Å². The van der Waals surface area contributed by atoms with Gasteiger partial charge >= 0.3 is 11.9 Å². The summed E-state index contributed by atoms with van der Waals surface area (Å²) in [6, 6.07) is 11.6. The number of ether oxygens (including phenoxy) is 2. The van der Waals surface area contributed by atoms with Crippen molar-refractivity contribution < 1.29 is 28.7 Å². The monoisotopic (exact) mass is 390 g/mol. The van der Waals surface area contributed by atoms with Gasteiger partial charge < -0.3 is 9.47 Å². The van der Waals surface area contributed by atoms with Crippen molar-refractivity contribution >= 4 is 35.4 Å². The summed E-state index contributed by atoms with van der Waals surface area (Å²) < 4.78 is 9.38. The molecule has 2 aromatic rings. The Bertz CT molecular complexity index is 849. The molecule has 0 aliphatic heterocycles. The average molecular weight is 391 g/mol. The van der Waals surface area contributed by atoms with Crippen LogP contribution in [0, 0.1) is 0 Å². The molecule has 8 nitrogen and oxygen atoms in total. The van der Waals surface area contributed by atoms with E-state index >= 15 is 0 Å². The molecular formula is C18H15ClN2O6. The molecule has 0 radical (unpaired) electrons. The van der Waals surface area contributed by atoms with Crippen LogP contribution >= 0.6 is 11.6 Å². The lowest BCUT2D eigenvalue weighted by molar-refractivity contribution is -0.125. The van der Waals surface area contributed by atoms with Gasteiger partial charge in [0.2, 0.25) is 0 Å². The van der Waals surface area contributed by atoms with Crippen LogP contribution < -0.4 is 10.9 Å². The van der Waals surface area contributed by atoms with Crippen LogP contribution in [0.3, 0.4) is 0 Å². The Morgan fingerprint density at radius 1 is 0.815 bits per heavy atom. The Balaban J connectivity index is 1.79. The maximum absolute atomic E-state index is 11.9. The SMILES string of the molecule is COC(=O)c1ccc(C(=O)OCC(=O)NNC(=O)c2ccc(Cl)cc2)cc1. The number of rotatable bonds is 5. The number of esters is 2. The minimum atomic E-state index is -0.759. The highest BCUT2D eigenvalue weighted by Crippen LogP contribution is 2.09. The van der Waals surface area contributed by atoms with Gasteiger partial charge in [0.15, 0.2) is 6.61 Å². The van der Waals surface area contributed by atoms with Gasteiger partial charge in [-0.3, -0.25) is 20.4 Å². The van der Waals surface area contributed by atoms with E-state index in [4.69, 9.17) is 16.3 Å². The van der Waals surface area contributed by atoms with Crippen molar-refractivity contribution in [3.05, 3.63) is 70.2 Å². The molecule has 0 atom stereocenters. The number of halogens is 1. The molecule has 2 N–H and O–H groups in total. The molecule has 2 amide bonds. The van der Waals surface area contributed by atoms with Gasteiger partial charge in [0.05, 0.1) is 18.2 Å². The number of nitrogens with one attached hydrogen (secondary N) is 2. The first kappa shape index (κ1) is 19.9. The second-order valence-corrected chi connectivity index (χ2v) is 5.59. The lowest BCUT2D eigenvalue weighted by Crippen LogP contribution is -2.43. The molecule has 140 valence electrons.